The number of pyridine rings is 1. The summed E-state index contributed by atoms with van der Waals surface area (Å²) in [4.78, 5) is 20.0. The van der Waals surface area contributed by atoms with Gasteiger partial charge in [-0.05, 0) is 18.6 Å². The zero-order chi connectivity index (χ0) is 13.5. The fraction of sp³-hybridized carbons (Fsp3) is 0.214. The van der Waals surface area contributed by atoms with E-state index in [1.54, 1.807) is 29.8 Å². The van der Waals surface area contributed by atoms with Gasteiger partial charge in [-0.3, -0.25) is 9.78 Å². The van der Waals surface area contributed by atoms with Gasteiger partial charge in [0.15, 0.2) is 0 Å². The van der Waals surface area contributed by atoms with Crippen LogP contribution in [-0.4, -0.2) is 22.4 Å². The minimum atomic E-state index is 0.0263. The molecule has 2 heterocycles. The van der Waals surface area contributed by atoms with E-state index in [4.69, 9.17) is 0 Å². The number of carbonyl (C=O) groups excluding carboxylic acids is 1. The number of carbonyl (C=O) groups is 1. The first kappa shape index (κ1) is 13.4. The van der Waals surface area contributed by atoms with Gasteiger partial charge in [0, 0.05) is 36.3 Å². The van der Waals surface area contributed by atoms with Gasteiger partial charge >= 0.3 is 0 Å². The Kier molecular flexibility index (Phi) is 4.80. The van der Waals surface area contributed by atoms with E-state index in [0.717, 1.165) is 16.3 Å². The second kappa shape index (κ2) is 6.80. The van der Waals surface area contributed by atoms with E-state index >= 15 is 0 Å². The first-order valence-corrected chi connectivity index (χ1v) is 6.90. The van der Waals surface area contributed by atoms with Crippen molar-refractivity contribution in [2.45, 2.75) is 12.8 Å². The molecule has 2 rings (SSSR count). The lowest BCUT2D eigenvalue weighted by Gasteiger charge is -2.00. The lowest BCUT2D eigenvalue weighted by atomic mass is 10.2. The summed E-state index contributed by atoms with van der Waals surface area (Å²) >= 11 is 1.59. The Bertz CT molecular complexity index is 551. The van der Waals surface area contributed by atoms with Crippen molar-refractivity contribution >= 4 is 17.2 Å². The molecule has 2 aromatic rings. The zero-order valence-corrected chi connectivity index (χ0v) is 11.3. The number of aryl methyl sites for hydroxylation is 1. The molecule has 0 aliphatic rings. The van der Waals surface area contributed by atoms with Crippen molar-refractivity contribution < 1.29 is 4.79 Å². The van der Waals surface area contributed by atoms with Gasteiger partial charge in [-0.15, -0.1) is 17.9 Å². The number of aromatic nitrogens is 2. The lowest BCUT2D eigenvalue weighted by Crippen LogP contribution is -2.23. The van der Waals surface area contributed by atoms with Gasteiger partial charge in [-0.1, -0.05) is 6.08 Å². The molecule has 0 fully saturated rings. The lowest BCUT2D eigenvalue weighted by molar-refractivity contribution is -0.120. The van der Waals surface area contributed by atoms with Gasteiger partial charge in [0.25, 0.3) is 0 Å². The molecule has 0 aliphatic carbocycles. The van der Waals surface area contributed by atoms with Crippen LogP contribution in [0.2, 0.25) is 0 Å². The van der Waals surface area contributed by atoms with Crippen molar-refractivity contribution in [1.82, 2.24) is 15.3 Å². The first-order chi connectivity index (χ1) is 9.29. The SMILES string of the molecule is C=CCNC(=O)CCc1csc(-c2ccncc2)n1. The Hall–Kier alpha value is -2.01. The molecule has 1 amide bonds. The van der Waals surface area contributed by atoms with Crippen molar-refractivity contribution in [3.8, 4) is 10.6 Å². The molecule has 0 saturated carbocycles. The van der Waals surface area contributed by atoms with Crippen LogP contribution in [0.5, 0.6) is 0 Å². The topological polar surface area (TPSA) is 54.9 Å². The highest BCUT2D eigenvalue weighted by Crippen LogP contribution is 2.23. The standard InChI is InChI=1S/C14H15N3OS/c1-2-7-16-13(18)4-3-12-10-19-14(17-12)11-5-8-15-9-6-11/h2,5-6,8-10H,1,3-4,7H2,(H,16,18). The van der Waals surface area contributed by atoms with E-state index in [0.29, 0.717) is 19.4 Å². The second-order valence-electron chi connectivity index (χ2n) is 3.97. The zero-order valence-electron chi connectivity index (χ0n) is 10.5. The van der Waals surface area contributed by atoms with Gasteiger partial charge in [0.1, 0.15) is 5.01 Å². The Labute approximate surface area is 116 Å². The van der Waals surface area contributed by atoms with Crippen molar-refractivity contribution in [3.63, 3.8) is 0 Å². The molecule has 0 atom stereocenters. The van der Waals surface area contributed by atoms with Crippen LogP contribution in [0.3, 0.4) is 0 Å². The summed E-state index contributed by atoms with van der Waals surface area (Å²) in [6, 6.07) is 3.86. The molecule has 98 valence electrons. The molecule has 4 nitrogen and oxygen atoms in total. The van der Waals surface area contributed by atoms with Crippen LogP contribution in [0.15, 0.2) is 42.6 Å². The average Bonchev–Trinajstić information content (AvgIpc) is 2.93. The molecular formula is C14H15N3OS. The van der Waals surface area contributed by atoms with E-state index in [1.807, 2.05) is 17.5 Å². The number of hydrogen-bond acceptors (Lipinski definition) is 4. The van der Waals surface area contributed by atoms with E-state index in [9.17, 15) is 4.79 Å². The molecule has 0 unspecified atom stereocenters. The Balaban J connectivity index is 1.91. The highest BCUT2D eigenvalue weighted by molar-refractivity contribution is 7.13. The summed E-state index contributed by atoms with van der Waals surface area (Å²) in [7, 11) is 0. The van der Waals surface area contributed by atoms with Crippen molar-refractivity contribution in [2.75, 3.05) is 6.54 Å². The molecule has 0 radical (unpaired) electrons. The average molecular weight is 273 g/mol. The van der Waals surface area contributed by atoms with Crippen LogP contribution in [-0.2, 0) is 11.2 Å². The molecule has 2 aromatic heterocycles. The maximum Gasteiger partial charge on any atom is 0.220 e. The molecule has 0 aliphatic heterocycles. The maximum atomic E-state index is 11.5. The minimum absolute atomic E-state index is 0.0263. The summed E-state index contributed by atoms with van der Waals surface area (Å²) in [6.45, 7) is 4.07. The Morgan fingerprint density at radius 3 is 2.95 bits per heavy atom. The molecular weight excluding hydrogens is 258 g/mol. The summed E-state index contributed by atoms with van der Waals surface area (Å²) in [5.41, 5.74) is 2.01. The quantitative estimate of drug-likeness (QED) is 0.822. The number of nitrogens with zero attached hydrogens (tertiary/aromatic N) is 2. The third-order valence-electron chi connectivity index (χ3n) is 2.53. The van der Waals surface area contributed by atoms with Crippen LogP contribution in [0, 0.1) is 0 Å². The summed E-state index contributed by atoms with van der Waals surface area (Å²) in [6.07, 6.45) is 6.28. The monoisotopic (exact) mass is 273 g/mol. The molecule has 1 N–H and O–H groups in total. The van der Waals surface area contributed by atoms with Gasteiger partial charge in [0.2, 0.25) is 5.91 Å². The fourth-order valence-corrected chi connectivity index (χ4v) is 2.43. The summed E-state index contributed by atoms with van der Waals surface area (Å²) in [5, 5.41) is 5.71. The summed E-state index contributed by atoms with van der Waals surface area (Å²) in [5.74, 6) is 0.0263. The van der Waals surface area contributed by atoms with E-state index in [1.165, 1.54) is 0 Å². The van der Waals surface area contributed by atoms with Gasteiger partial charge in [-0.2, -0.15) is 0 Å². The van der Waals surface area contributed by atoms with Crippen LogP contribution in [0.1, 0.15) is 12.1 Å². The number of amides is 1. The molecule has 0 spiro atoms. The first-order valence-electron chi connectivity index (χ1n) is 6.02. The number of thiazole rings is 1. The van der Waals surface area contributed by atoms with E-state index in [2.05, 4.69) is 21.9 Å². The predicted molar refractivity (Wildman–Crippen MR) is 76.9 cm³/mol. The van der Waals surface area contributed by atoms with E-state index in [-0.39, 0.29) is 5.91 Å². The second-order valence-corrected chi connectivity index (χ2v) is 4.83. The third kappa shape index (κ3) is 3.99. The van der Waals surface area contributed by atoms with Crippen LogP contribution >= 0.6 is 11.3 Å². The van der Waals surface area contributed by atoms with Crippen molar-refractivity contribution in [2.24, 2.45) is 0 Å². The molecule has 19 heavy (non-hydrogen) atoms. The van der Waals surface area contributed by atoms with Crippen molar-refractivity contribution in [1.29, 1.82) is 0 Å². The van der Waals surface area contributed by atoms with Gasteiger partial charge in [-0.25, -0.2) is 4.98 Å². The molecule has 0 saturated heterocycles. The number of nitrogens with one attached hydrogen (secondary N) is 1. The fourth-order valence-electron chi connectivity index (χ4n) is 1.56. The maximum absolute atomic E-state index is 11.5. The predicted octanol–water partition coefficient (Wildman–Crippen LogP) is 2.44. The molecule has 0 bridgehead atoms. The third-order valence-corrected chi connectivity index (χ3v) is 3.47. The van der Waals surface area contributed by atoms with Crippen LogP contribution in [0.25, 0.3) is 10.6 Å². The van der Waals surface area contributed by atoms with Crippen LogP contribution < -0.4 is 5.32 Å². The van der Waals surface area contributed by atoms with Crippen molar-refractivity contribution in [3.05, 3.63) is 48.3 Å². The Morgan fingerprint density at radius 2 is 2.21 bits per heavy atom. The van der Waals surface area contributed by atoms with Gasteiger partial charge in [0.05, 0.1) is 5.69 Å². The largest absolute Gasteiger partial charge is 0.353 e. The summed E-state index contributed by atoms with van der Waals surface area (Å²) < 4.78 is 0. The normalized spacial score (nSPS) is 10.1. The highest BCUT2D eigenvalue weighted by atomic mass is 32.1. The number of hydrogen-bond donors (Lipinski definition) is 1. The molecule has 0 aromatic carbocycles. The van der Waals surface area contributed by atoms with Gasteiger partial charge < -0.3 is 5.32 Å². The van der Waals surface area contributed by atoms with E-state index < -0.39 is 0 Å². The minimum Gasteiger partial charge on any atom is -0.353 e. The van der Waals surface area contributed by atoms with Crippen LogP contribution in [0.4, 0.5) is 0 Å². The smallest absolute Gasteiger partial charge is 0.220 e. The highest BCUT2D eigenvalue weighted by Gasteiger charge is 2.06. The Morgan fingerprint density at radius 1 is 1.42 bits per heavy atom. The number of rotatable bonds is 6. The molecule has 5 heteroatoms.